The van der Waals surface area contributed by atoms with Gasteiger partial charge in [0.2, 0.25) is 5.95 Å². The molecule has 0 spiro atoms. The van der Waals surface area contributed by atoms with Crippen molar-refractivity contribution in [2.24, 2.45) is 0 Å². The number of carbonyl (C=O) groups excluding carboxylic acids is 1. The van der Waals surface area contributed by atoms with Crippen molar-refractivity contribution in [3.05, 3.63) is 36.2 Å². The van der Waals surface area contributed by atoms with Crippen molar-refractivity contribution in [2.45, 2.75) is 77.8 Å². The van der Waals surface area contributed by atoms with Crippen molar-refractivity contribution in [2.75, 3.05) is 30.8 Å². The van der Waals surface area contributed by atoms with Crippen molar-refractivity contribution in [3.63, 3.8) is 0 Å². The standard InChI is InChI=1S/C28H35N9O2S2.C2H6/c1-5-7-11-39-23(38)17-36-16-21(14-30-36)32-26-33-22-8-12-40-25(22)24(34-26)20-13-31-37(15-20)28(9-10-29)18-35(19-28)27(3,4)41-6-2;1-2/h8,12-16H,5-7,9,11,17-19H2,1-4H3,(H,32,33,34);1-2H3. The largest absolute Gasteiger partial charge is 0.464 e. The zero-order valence-electron chi connectivity index (χ0n) is 25.8. The quantitative estimate of drug-likeness (QED) is 0.134. The molecule has 1 aliphatic rings. The maximum absolute atomic E-state index is 12.1. The van der Waals surface area contributed by atoms with E-state index >= 15 is 0 Å². The van der Waals surface area contributed by atoms with E-state index in [0.29, 0.717) is 24.7 Å². The highest BCUT2D eigenvalue weighted by molar-refractivity contribution is 8.00. The molecule has 4 aromatic heterocycles. The molecule has 230 valence electrons. The first-order valence-electron chi connectivity index (χ1n) is 14.8. The van der Waals surface area contributed by atoms with Crippen LogP contribution in [0.1, 0.15) is 60.8 Å². The fourth-order valence-corrected chi connectivity index (χ4v) is 6.81. The van der Waals surface area contributed by atoms with Gasteiger partial charge in [-0.25, -0.2) is 9.97 Å². The average Bonchev–Trinajstić information content (AvgIpc) is 3.73. The van der Waals surface area contributed by atoms with Crippen LogP contribution in [0.2, 0.25) is 0 Å². The second kappa shape index (κ2) is 14.3. The normalized spacial score (nSPS) is 14.4. The zero-order valence-corrected chi connectivity index (χ0v) is 27.5. The number of rotatable bonds is 13. The Morgan fingerprint density at radius 1 is 1.21 bits per heavy atom. The van der Waals surface area contributed by atoms with Gasteiger partial charge in [0.25, 0.3) is 0 Å². The number of unbranched alkanes of at least 4 members (excludes halogenated alkanes) is 1. The van der Waals surface area contributed by atoms with E-state index in [-0.39, 0.29) is 22.9 Å². The fraction of sp³-hybridized carbons (Fsp3) is 0.533. The Labute approximate surface area is 261 Å². The number of thioether (sulfide) groups is 1. The number of carbonyl (C=O) groups is 1. The zero-order chi connectivity index (χ0) is 31.0. The predicted octanol–water partition coefficient (Wildman–Crippen LogP) is 6.28. The highest BCUT2D eigenvalue weighted by Crippen LogP contribution is 2.42. The molecule has 4 aromatic rings. The van der Waals surface area contributed by atoms with Gasteiger partial charge >= 0.3 is 5.97 Å². The third-order valence-electron chi connectivity index (χ3n) is 7.22. The first-order chi connectivity index (χ1) is 20.8. The Morgan fingerprint density at radius 2 is 2.00 bits per heavy atom. The Morgan fingerprint density at radius 3 is 2.72 bits per heavy atom. The third kappa shape index (κ3) is 7.37. The average molecular weight is 624 g/mol. The summed E-state index contributed by atoms with van der Waals surface area (Å²) in [6, 6.07) is 4.35. The molecule has 0 bridgehead atoms. The molecule has 0 aromatic carbocycles. The molecule has 1 N–H and O–H groups in total. The molecule has 0 unspecified atom stereocenters. The highest BCUT2D eigenvalue weighted by Gasteiger charge is 2.50. The van der Waals surface area contributed by atoms with Gasteiger partial charge in [-0.1, -0.05) is 34.1 Å². The van der Waals surface area contributed by atoms with Gasteiger partial charge in [-0.3, -0.25) is 19.1 Å². The lowest BCUT2D eigenvalue weighted by Crippen LogP contribution is -2.67. The number of hydrogen-bond donors (Lipinski definition) is 1. The summed E-state index contributed by atoms with van der Waals surface area (Å²) in [4.78, 5) is 24.0. The molecule has 1 aliphatic heterocycles. The molecule has 13 heteroatoms. The maximum atomic E-state index is 12.1. The molecular weight excluding hydrogens is 583 g/mol. The van der Waals surface area contributed by atoms with E-state index in [1.54, 1.807) is 23.7 Å². The number of anilines is 2. The van der Waals surface area contributed by atoms with E-state index < -0.39 is 0 Å². The van der Waals surface area contributed by atoms with Crippen LogP contribution in [0.5, 0.6) is 0 Å². The number of nitriles is 1. The minimum absolute atomic E-state index is 0.00319. The predicted molar refractivity (Wildman–Crippen MR) is 173 cm³/mol. The van der Waals surface area contributed by atoms with E-state index in [1.165, 1.54) is 4.68 Å². The van der Waals surface area contributed by atoms with Crippen molar-refractivity contribution in [3.8, 4) is 17.3 Å². The van der Waals surface area contributed by atoms with Crippen LogP contribution in [0.25, 0.3) is 21.5 Å². The van der Waals surface area contributed by atoms with Gasteiger partial charge in [0, 0.05) is 31.0 Å². The lowest BCUT2D eigenvalue weighted by Gasteiger charge is -2.55. The maximum Gasteiger partial charge on any atom is 0.327 e. The number of hydrogen-bond acceptors (Lipinski definition) is 11. The number of thiophene rings is 1. The van der Waals surface area contributed by atoms with Crippen LogP contribution in [0.3, 0.4) is 0 Å². The second-order valence-electron chi connectivity index (χ2n) is 10.6. The van der Waals surface area contributed by atoms with Crippen LogP contribution in [-0.2, 0) is 21.6 Å². The van der Waals surface area contributed by atoms with Crippen LogP contribution in [0.4, 0.5) is 11.6 Å². The number of ether oxygens (including phenoxy) is 1. The molecule has 5 heterocycles. The molecular formula is C30H41N9O2S2. The second-order valence-corrected chi connectivity index (χ2v) is 13.4. The molecule has 0 radical (unpaired) electrons. The molecule has 11 nitrogen and oxygen atoms in total. The van der Waals surface area contributed by atoms with Gasteiger partial charge in [-0.15, -0.1) is 23.1 Å². The lowest BCUT2D eigenvalue weighted by molar-refractivity contribution is -0.144. The Balaban J connectivity index is 0.00000207. The summed E-state index contributed by atoms with van der Waals surface area (Å²) in [5.41, 5.74) is 2.76. The van der Waals surface area contributed by atoms with E-state index in [0.717, 1.165) is 53.2 Å². The van der Waals surface area contributed by atoms with Gasteiger partial charge in [0.15, 0.2) is 0 Å². The molecule has 43 heavy (non-hydrogen) atoms. The fourth-order valence-electron chi connectivity index (χ4n) is 4.95. The number of nitrogens with zero attached hydrogens (tertiary/aromatic N) is 8. The Bertz CT molecular complexity index is 1550. The van der Waals surface area contributed by atoms with Gasteiger partial charge in [-0.2, -0.15) is 15.5 Å². The molecule has 0 atom stereocenters. The van der Waals surface area contributed by atoms with Gasteiger partial charge < -0.3 is 10.1 Å². The van der Waals surface area contributed by atoms with Crippen LogP contribution < -0.4 is 5.32 Å². The number of nitrogens with one attached hydrogen (secondary N) is 1. The summed E-state index contributed by atoms with van der Waals surface area (Å²) in [5.74, 6) is 1.14. The summed E-state index contributed by atoms with van der Waals surface area (Å²) < 4.78 is 9.68. The summed E-state index contributed by atoms with van der Waals surface area (Å²) in [7, 11) is 0. The van der Waals surface area contributed by atoms with Crippen LogP contribution in [0.15, 0.2) is 36.2 Å². The first-order valence-corrected chi connectivity index (χ1v) is 16.7. The van der Waals surface area contributed by atoms with Crippen molar-refractivity contribution in [1.29, 1.82) is 5.26 Å². The van der Waals surface area contributed by atoms with E-state index in [4.69, 9.17) is 14.8 Å². The minimum Gasteiger partial charge on any atom is -0.464 e. The van der Waals surface area contributed by atoms with E-state index in [2.05, 4.69) is 47.1 Å². The molecule has 1 saturated heterocycles. The molecule has 0 saturated carbocycles. The number of fused-ring (bicyclic) bond motifs is 1. The van der Waals surface area contributed by atoms with Gasteiger partial charge in [0.05, 0.1) is 58.0 Å². The summed E-state index contributed by atoms with van der Waals surface area (Å²) >= 11 is 3.49. The smallest absolute Gasteiger partial charge is 0.327 e. The van der Waals surface area contributed by atoms with Crippen LogP contribution >= 0.6 is 23.1 Å². The van der Waals surface area contributed by atoms with E-state index in [1.807, 2.05) is 61.1 Å². The van der Waals surface area contributed by atoms with Gasteiger partial charge in [-0.05, 0) is 37.5 Å². The molecule has 0 aliphatic carbocycles. The number of likely N-dealkylation sites (tertiary alicyclic amines) is 1. The minimum atomic E-state index is -0.368. The Kier molecular flexibility index (Phi) is 10.8. The number of aromatic nitrogens is 6. The molecule has 1 fully saturated rings. The SMILES string of the molecule is CC.CCCCOC(=O)Cn1cc(Nc2nc(-c3cnn(C4(CC#N)CN(C(C)(C)SCC)C4)c3)c3sccc3n2)cn1. The monoisotopic (exact) mass is 623 g/mol. The summed E-state index contributed by atoms with van der Waals surface area (Å²) in [5, 5.41) is 23.9. The first kappa shape index (κ1) is 32.4. The molecule has 0 amide bonds. The summed E-state index contributed by atoms with van der Waals surface area (Å²) in [6.45, 7) is 14.7. The number of esters is 1. The highest BCUT2D eigenvalue weighted by atomic mass is 32.2. The van der Waals surface area contributed by atoms with E-state index in [9.17, 15) is 10.1 Å². The van der Waals surface area contributed by atoms with Crippen molar-refractivity contribution in [1.82, 2.24) is 34.4 Å². The van der Waals surface area contributed by atoms with Crippen molar-refractivity contribution < 1.29 is 9.53 Å². The third-order valence-corrected chi connectivity index (χ3v) is 9.39. The molecule has 5 rings (SSSR count). The topological polar surface area (TPSA) is 127 Å². The van der Waals surface area contributed by atoms with Crippen molar-refractivity contribution >= 4 is 50.9 Å². The Hall–Kier alpha value is -3.47. The summed E-state index contributed by atoms with van der Waals surface area (Å²) in [6.07, 6.45) is 9.38. The van der Waals surface area contributed by atoms with Crippen LogP contribution in [-0.4, -0.2) is 70.7 Å². The van der Waals surface area contributed by atoms with Crippen LogP contribution in [0, 0.1) is 11.3 Å². The lowest BCUT2D eigenvalue weighted by atomic mass is 9.85. The van der Waals surface area contributed by atoms with Gasteiger partial charge in [0.1, 0.15) is 12.1 Å².